The van der Waals surface area contributed by atoms with Crippen LogP contribution in [0.3, 0.4) is 0 Å². The molecule has 0 aliphatic heterocycles. The predicted octanol–water partition coefficient (Wildman–Crippen LogP) is 3.03. The number of aromatic hydroxyl groups is 1. The van der Waals surface area contributed by atoms with E-state index < -0.39 is 17.9 Å². The standard InChI is InChI=1S/C24H26N4O6S.C2H6/c1-14-20(35-24(26-14)28-19(30)12-15-7-6-10-17(29)11-15)22(32)27-18(23(33)34-2)13-25-21(31)16-8-4-3-5-9-16;1-2/h4,6-11,18,29H,3,5,12-13H2,1-2H3,(H,25,31)(H,27,32)(H,26,28,30);1-2H3. The molecule has 0 saturated heterocycles. The van der Waals surface area contributed by atoms with Crippen molar-refractivity contribution in [3.63, 3.8) is 0 Å². The third kappa shape index (κ3) is 8.87. The average Bonchev–Trinajstić information content (AvgIpc) is 3.27. The first kappa shape index (κ1) is 29.2. The van der Waals surface area contributed by atoms with Gasteiger partial charge in [0.15, 0.2) is 5.13 Å². The number of hydrogen-bond acceptors (Lipinski definition) is 8. The van der Waals surface area contributed by atoms with E-state index in [1.807, 2.05) is 19.9 Å². The van der Waals surface area contributed by atoms with E-state index >= 15 is 0 Å². The maximum Gasteiger partial charge on any atom is 0.330 e. The smallest absolute Gasteiger partial charge is 0.330 e. The fourth-order valence-corrected chi connectivity index (χ4v) is 4.20. The highest BCUT2D eigenvalue weighted by Gasteiger charge is 2.26. The number of carbonyl (C=O) groups is 4. The van der Waals surface area contributed by atoms with E-state index in [1.165, 1.54) is 19.2 Å². The van der Waals surface area contributed by atoms with Gasteiger partial charge in [0.25, 0.3) is 11.8 Å². The minimum Gasteiger partial charge on any atom is -0.508 e. The molecule has 1 aromatic heterocycles. The van der Waals surface area contributed by atoms with Gasteiger partial charge in [-0.05, 0) is 37.5 Å². The van der Waals surface area contributed by atoms with Gasteiger partial charge in [0, 0.05) is 12.1 Å². The van der Waals surface area contributed by atoms with Crippen LogP contribution in [0.2, 0.25) is 0 Å². The van der Waals surface area contributed by atoms with Crippen molar-refractivity contribution in [3.8, 4) is 5.75 Å². The van der Waals surface area contributed by atoms with Crippen molar-refractivity contribution in [2.24, 2.45) is 0 Å². The summed E-state index contributed by atoms with van der Waals surface area (Å²) in [5.41, 5.74) is 1.48. The van der Waals surface area contributed by atoms with E-state index in [-0.39, 0.29) is 40.5 Å². The maximum atomic E-state index is 12.8. The summed E-state index contributed by atoms with van der Waals surface area (Å²) in [5, 5.41) is 17.6. The number of rotatable bonds is 9. The normalized spacial score (nSPS) is 12.8. The highest BCUT2D eigenvalue weighted by atomic mass is 32.1. The first-order valence-corrected chi connectivity index (χ1v) is 12.7. The molecule has 0 spiro atoms. The van der Waals surface area contributed by atoms with Crippen LogP contribution in [-0.2, 0) is 25.5 Å². The third-order valence-electron chi connectivity index (χ3n) is 5.04. The number of thiazole rings is 1. The molecule has 1 heterocycles. The molecule has 4 N–H and O–H groups in total. The Kier molecular flexibility index (Phi) is 11.5. The Bertz CT molecular complexity index is 1190. The summed E-state index contributed by atoms with van der Waals surface area (Å²) >= 11 is 0.956. The van der Waals surface area contributed by atoms with Crippen molar-refractivity contribution in [3.05, 3.63) is 64.2 Å². The number of carbonyl (C=O) groups excluding carboxylic acids is 4. The molecule has 3 amide bonds. The summed E-state index contributed by atoms with van der Waals surface area (Å²) in [4.78, 5) is 54.1. The van der Waals surface area contributed by atoms with Gasteiger partial charge in [-0.1, -0.05) is 55.5 Å². The minimum absolute atomic E-state index is 0.0181. The SMILES string of the molecule is CC.COC(=O)C(CNC(=O)C1=CCCC=C1)NC(=O)c1sc(NC(=O)Cc2cccc(O)c2)nc1C. The number of ether oxygens (including phenoxy) is 1. The number of nitrogens with zero attached hydrogens (tertiary/aromatic N) is 1. The summed E-state index contributed by atoms with van der Waals surface area (Å²) < 4.78 is 4.76. The zero-order valence-corrected chi connectivity index (χ0v) is 22.1. The Balaban J connectivity index is 0.00000235. The number of phenols is 1. The molecule has 1 atom stereocenters. The number of aryl methyl sites for hydroxylation is 1. The van der Waals surface area contributed by atoms with Crippen molar-refractivity contribution >= 4 is 40.2 Å². The number of aromatic nitrogens is 1. The van der Waals surface area contributed by atoms with E-state index in [0.717, 1.165) is 24.2 Å². The van der Waals surface area contributed by atoms with Crippen LogP contribution in [0.25, 0.3) is 0 Å². The molecule has 1 aromatic carbocycles. The molecule has 2 aromatic rings. The molecule has 0 saturated carbocycles. The average molecular weight is 529 g/mol. The zero-order chi connectivity index (χ0) is 27.4. The van der Waals surface area contributed by atoms with Gasteiger partial charge < -0.3 is 25.8 Å². The summed E-state index contributed by atoms with van der Waals surface area (Å²) in [6.45, 7) is 5.45. The number of anilines is 1. The second kappa shape index (κ2) is 14.5. The monoisotopic (exact) mass is 528 g/mol. The van der Waals surface area contributed by atoms with Crippen molar-refractivity contribution in [2.45, 2.75) is 46.1 Å². The Morgan fingerprint density at radius 1 is 1.16 bits per heavy atom. The molecule has 0 fully saturated rings. The largest absolute Gasteiger partial charge is 0.508 e. The second-order valence-corrected chi connectivity index (χ2v) is 8.73. The van der Waals surface area contributed by atoms with Crippen molar-refractivity contribution in [1.82, 2.24) is 15.6 Å². The number of esters is 1. The van der Waals surface area contributed by atoms with Crippen molar-refractivity contribution in [1.29, 1.82) is 0 Å². The number of hydrogen-bond donors (Lipinski definition) is 4. The van der Waals surface area contributed by atoms with Crippen LogP contribution in [-0.4, -0.2) is 53.5 Å². The number of phenolic OH excluding ortho intramolecular Hbond substituents is 1. The number of allylic oxidation sites excluding steroid dienone is 2. The molecule has 11 heteroatoms. The van der Waals surface area contributed by atoms with E-state index in [2.05, 4.69) is 20.9 Å². The lowest BCUT2D eigenvalue weighted by molar-refractivity contribution is -0.142. The molecule has 3 rings (SSSR count). The number of benzene rings is 1. The number of amides is 3. The van der Waals surface area contributed by atoms with Crippen LogP contribution in [0.5, 0.6) is 5.75 Å². The van der Waals surface area contributed by atoms with Crippen LogP contribution in [0.1, 0.15) is 47.6 Å². The second-order valence-electron chi connectivity index (χ2n) is 7.73. The van der Waals surface area contributed by atoms with E-state index in [0.29, 0.717) is 16.8 Å². The fourth-order valence-electron chi connectivity index (χ4n) is 3.31. The van der Waals surface area contributed by atoms with Gasteiger partial charge in [-0.25, -0.2) is 9.78 Å². The zero-order valence-electron chi connectivity index (χ0n) is 21.3. The van der Waals surface area contributed by atoms with Gasteiger partial charge in [-0.15, -0.1) is 0 Å². The first-order chi connectivity index (χ1) is 17.8. The molecule has 37 heavy (non-hydrogen) atoms. The van der Waals surface area contributed by atoms with E-state index in [1.54, 1.807) is 31.2 Å². The first-order valence-electron chi connectivity index (χ1n) is 11.9. The summed E-state index contributed by atoms with van der Waals surface area (Å²) in [6, 6.07) is 5.22. The highest BCUT2D eigenvalue weighted by molar-refractivity contribution is 7.17. The fraction of sp³-hybridized carbons (Fsp3) is 0.346. The minimum atomic E-state index is -1.12. The van der Waals surface area contributed by atoms with Gasteiger partial charge >= 0.3 is 5.97 Å². The molecule has 0 radical (unpaired) electrons. The van der Waals surface area contributed by atoms with E-state index in [4.69, 9.17) is 4.74 Å². The molecular formula is C26H32N4O6S. The lowest BCUT2D eigenvalue weighted by Gasteiger charge is -2.17. The van der Waals surface area contributed by atoms with E-state index in [9.17, 15) is 24.3 Å². The topological polar surface area (TPSA) is 147 Å². The van der Waals surface area contributed by atoms with Crippen LogP contribution >= 0.6 is 11.3 Å². The van der Waals surface area contributed by atoms with Crippen molar-refractivity contribution in [2.75, 3.05) is 19.0 Å². The molecule has 1 aliphatic rings. The molecule has 0 bridgehead atoms. The van der Waals surface area contributed by atoms with Crippen molar-refractivity contribution < 1.29 is 29.0 Å². The van der Waals surface area contributed by atoms with Gasteiger partial charge in [-0.3, -0.25) is 14.4 Å². The van der Waals surface area contributed by atoms with Gasteiger partial charge in [0.1, 0.15) is 16.7 Å². The van der Waals surface area contributed by atoms with Crippen LogP contribution in [0.4, 0.5) is 5.13 Å². The molecular weight excluding hydrogens is 496 g/mol. The quantitative estimate of drug-likeness (QED) is 0.366. The lowest BCUT2D eigenvalue weighted by atomic mass is 10.1. The van der Waals surface area contributed by atoms with Gasteiger partial charge in [0.05, 0.1) is 19.2 Å². The summed E-state index contributed by atoms with van der Waals surface area (Å²) in [6.07, 6.45) is 7.04. The Hall–Kier alpha value is -3.99. The summed E-state index contributed by atoms with van der Waals surface area (Å²) in [5.74, 6) is -1.96. The van der Waals surface area contributed by atoms with Gasteiger partial charge in [0.2, 0.25) is 5.91 Å². The number of methoxy groups -OCH3 is 1. The van der Waals surface area contributed by atoms with Crippen LogP contribution < -0.4 is 16.0 Å². The highest BCUT2D eigenvalue weighted by Crippen LogP contribution is 2.23. The molecule has 10 nitrogen and oxygen atoms in total. The molecule has 1 aliphatic carbocycles. The van der Waals surface area contributed by atoms with Crippen LogP contribution in [0.15, 0.2) is 48.1 Å². The molecule has 1 unspecified atom stereocenters. The van der Waals surface area contributed by atoms with Crippen LogP contribution in [0, 0.1) is 6.92 Å². The molecule has 198 valence electrons. The lowest BCUT2D eigenvalue weighted by Crippen LogP contribution is -2.49. The maximum absolute atomic E-state index is 12.8. The number of nitrogens with one attached hydrogen (secondary N) is 3. The Morgan fingerprint density at radius 3 is 2.57 bits per heavy atom. The van der Waals surface area contributed by atoms with Gasteiger partial charge in [-0.2, -0.15) is 0 Å². The summed E-state index contributed by atoms with van der Waals surface area (Å²) in [7, 11) is 1.19. The third-order valence-corrected chi connectivity index (χ3v) is 6.11. The Morgan fingerprint density at radius 2 is 1.92 bits per heavy atom. The Labute approximate surface area is 219 Å². The predicted molar refractivity (Wildman–Crippen MR) is 141 cm³/mol.